The summed E-state index contributed by atoms with van der Waals surface area (Å²) in [7, 11) is 0. The van der Waals surface area contributed by atoms with Gasteiger partial charge in [0.25, 0.3) is 0 Å². The molecule has 5 heteroatoms. The smallest absolute Gasteiger partial charge is 0.344 e. The predicted octanol–water partition coefficient (Wildman–Crippen LogP) is 4.44. The van der Waals surface area contributed by atoms with Gasteiger partial charge in [-0.3, -0.25) is 0 Å². The second-order valence-corrected chi connectivity index (χ2v) is 7.30. The Morgan fingerprint density at radius 2 is 1.86 bits per heavy atom. The third kappa shape index (κ3) is 2.57. The normalized spacial score (nSPS) is 16.0. The lowest BCUT2D eigenvalue weighted by molar-refractivity contribution is 0.387. The Bertz CT molecular complexity index is 1210. The molecule has 2 aromatic carbocycles. The SMILES string of the molecule is Cc1ccc(C(C)C)c2oc(=O)c3c(c12)OC(N)=C(C#N)[C@@H]3c1ccccc1. The zero-order valence-electron chi connectivity index (χ0n) is 15.9. The average molecular weight is 372 g/mol. The third-order valence-corrected chi connectivity index (χ3v) is 5.21. The van der Waals surface area contributed by atoms with Gasteiger partial charge in [0.2, 0.25) is 5.88 Å². The molecule has 4 rings (SSSR count). The summed E-state index contributed by atoms with van der Waals surface area (Å²) in [4.78, 5) is 13.1. The summed E-state index contributed by atoms with van der Waals surface area (Å²) in [6.45, 7) is 6.02. The van der Waals surface area contributed by atoms with Crippen LogP contribution < -0.4 is 16.1 Å². The van der Waals surface area contributed by atoms with E-state index in [0.717, 1.165) is 22.1 Å². The maximum absolute atomic E-state index is 13.1. The number of nitrogens with zero attached hydrogens (tertiary/aromatic N) is 1. The highest BCUT2D eigenvalue weighted by Crippen LogP contribution is 2.45. The largest absolute Gasteiger partial charge is 0.439 e. The number of nitriles is 1. The first-order chi connectivity index (χ1) is 13.4. The molecule has 1 aliphatic heterocycles. The summed E-state index contributed by atoms with van der Waals surface area (Å²) in [5.41, 5.74) is 9.28. The molecule has 140 valence electrons. The van der Waals surface area contributed by atoms with E-state index in [2.05, 4.69) is 6.07 Å². The van der Waals surface area contributed by atoms with Gasteiger partial charge in [-0.1, -0.05) is 56.3 Å². The maximum Gasteiger partial charge on any atom is 0.344 e. The molecule has 0 spiro atoms. The number of aryl methyl sites for hydroxylation is 1. The van der Waals surface area contributed by atoms with Gasteiger partial charge in [-0.25, -0.2) is 4.79 Å². The number of ether oxygens (including phenoxy) is 1. The fourth-order valence-electron chi connectivity index (χ4n) is 3.82. The van der Waals surface area contributed by atoms with Crippen LogP contribution in [0.5, 0.6) is 5.75 Å². The molecule has 28 heavy (non-hydrogen) atoms. The van der Waals surface area contributed by atoms with Gasteiger partial charge in [-0.05, 0) is 29.5 Å². The minimum absolute atomic E-state index is 0.0186. The van der Waals surface area contributed by atoms with Crippen molar-refractivity contribution in [2.24, 2.45) is 5.73 Å². The van der Waals surface area contributed by atoms with Gasteiger partial charge in [-0.15, -0.1) is 0 Å². The summed E-state index contributed by atoms with van der Waals surface area (Å²) >= 11 is 0. The highest BCUT2D eigenvalue weighted by molar-refractivity contribution is 5.91. The highest BCUT2D eigenvalue weighted by Gasteiger charge is 2.36. The molecule has 3 aromatic rings. The number of hydrogen-bond acceptors (Lipinski definition) is 5. The number of allylic oxidation sites excluding steroid dienone is 1. The lowest BCUT2D eigenvalue weighted by atomic mass is 9.83. The average Bonchev–Trinajstić information content (AvgIpc) is 2.67. The monoisotopic (exact) mass is 372 g/mol. The molecule has 0 amide bonds. The van der Waals surface area contributed by atoms with E-state index in [9.17, 15) is 10.1 Å². The standard InChI is InChI=1S/C23H20N2O3/c1-12(2)15-10-9-13(3)17-20(15)28-23(26)19-18(14-7-5-4-6-8-14)16(11-24)22(25)27-21(17)19/h4-10,12,18H,25H2,1-3H3/t18-/m0/s1. The summed E-state index contributed by atoms with van der Waals surface area (Å²) in [6.07, 6.45) is 0. The van der Waals surface area contributed by atoms with Crippen LogP contribution in [0, 0.1) is 18.3 Å². The van der Waals surface area contributed by atoms with Crippen LogP contribution in [0.3, 0.4) is 0 Å². The molecule has 1 aromatic heterocycles. The lowest BCUT2D eigenvalue weighted by Gasteiger charge is -2.27. The number of nitrogens with two attached hydrogens (primary N) is 1. The second kappa shape index (κ2) is 6.58. The van der Waals surface area contributed by atoms with Gasteiger partial charge in [0.1, 0.15) is 17.2 Å². The lowest BCUT2D eigenvalue weighted by Crippen LogP contribution is -2.26. The topological polar surface area (TPSA) is 89.2 Å². The third-order valence-electron chi connectivity index (χ3n) is 5.21. The molecule has 0 saturated carbocycles. The van der Waals surface area contributed by atoms with E-state index in [1.54, 1.807) is 0 Å². The van der Waals surface area contributed by atoms with Crippen molar-refractivity contribution in [2.45, 2.75) is 32.6 Å². The molecular weight excluding hydrogens is 352 g/mol. The summed E-state index contributed by atoms with van der Waals surface area (Å²) in [5, 5.41) is 10.4. The molecule has 5 nitrogen and oxygen atoms in total. The molecule has 0 radical (unpaired) electrons. The quantitative estimate of drug-likeness (QED) is 0.672. The summed E-state index contributed by atoms with van der Waals surface area (Å²) in [6, 6.07) is 15.4. The van der Waals surface area contributed by atoms with Crippen molar-refractivity contribution in [1.29, 1.82) is 5.26 Å². The number of benzene rings is 2. The van der Waals surface area contributed by atoms with E-state index in [1.165, 1.54) is 0 Å². The molecular formula is C23H20N2O3. The van der Waals surface area contributed by atoms with E-state index in [-0.39, 0.29) is 17.4 Å². The second-order valence-electron chi connectivity index (χ2n) is 7.30. The minimum Gasteiger partial charge on any atom is -0.439 e. The van der Waals surface area contributed by atoms with Crippen molar-refractivity contribution >= 4 is 11.0 Å². The van der Waals surface area contributed by atoms with E-state index < -0.39 is 11.5 Å². The Morgan fingerprint density at radius 1 is 1.14 bits per heavy atom. The van der Waals surface area contributed by atoms with Crippen LogP contribution in [0.25, 0.3) is 11.0 Å². The number of rotatable bonds is 2. The van der Waals surface area contributed by atoms with E-state index in [4.69, 9.17) is 14.9 Å². The molecule has 2 N–H and O–H groups in total. The van der Waals surface area contributed by atoms with Crippen molar-refractivity contribution in [3.8, 4) is 11.8 Å². The van der Waals surface area contributed by atoms with Crippen LogP contribution in [0.4, 0.5) is 0 Å². The Labute approximate surface area is 162 Å². The zero-order valence-corrected chi connectivity index (χ0v) is 15.9. The van der Waals surface area contributed by atoms with Crippen molar-refractivity contribution < 1.29 is 9.15 Å². The molecule has 0 bridgehead atoms. The molecule has 0 saturated heterocycles. The zero-order chi connectivity index (χ0) is 20.0. The van der Waals surface area contributed by atoms with Gasteiger partial charge in [0, 0.05) is 0 Å². The van der Waals surface area contributed by atoms with Crippen LogP contribution in [0.15, 0.2) is 63.1 Å². The first-order valence-electron chi connectivity index (χ1n) is 9.16. The van der Waals surface area contributed by atoms with Crippen LogP contribution in [-0.2, 0) is 0 Å². The Hall–Kier alpha value is -3.52. The maximum atomic E-state index is 13.1. The minimum atomic E-state index is -0.627. The molecule has 1 atom stereocenters. The van der Waals surface area contributed by atoms with Crippen molar-refractivity contribution in [3.05, 3.63) is 86.6 Å². The fourth-order valence-corrected chi connectivity index (χ4v) is 3.82. The molecule has 2 heterocycles. The van der Waals surface area contributed by atoms with Crippen LogP contribution in [-0.4, -0.2) is 0 Å². The molecule has 1 aliphatic rings. The van der Waals surface area contributed by atoms with Gasteiger partial charge >= 0.3 is 5.63 Å². The van der Waals surface area contributed by atoms with E-state index >= 15 is 0 Å². The number of hydrogen-bond donors (Lipinski definition) is 1. The van der Waals surface area contributed by atoms with Crippen LogP contribution >= 0.6 is 0 Å². The predicted molar refractivity (Wildman–Crippen MR) is 107 cm³/mol. The molecule has 0 aliphatic carbocycles. The Balaban J connectivity index is 2.14. The number of fused-ring (bicyclic) bond motifs is 3. The summed E-state index contributed by atoms with van der Waals surface area (Å²) < 4.78 is 11.7. The van der Waals surface area contributed by atoms with Crippen LogP contribution in [0.2, 0.25) is 0 Å². The van der Waals surface area contributed by atoms with E-state index in [0.29, 0.717) is 16.9 Å². The fraction of sp³-hybridized carbons (Fsp3) is 0.217. The van der Waals surface area contributed by atoms with Gasteiger partial charge in [0.05, 0.1) is 16.9 Å². The Kier molecular flexibility index (Phi) is 4.20. The molecule has 0 fully saturated rings. The first-order valence-corrected chi connectivity index (χ1v) is 9.16. The Morgan fingerprint density at radius 3 is 2.50 bits per heavy atom. The van der Waals surface area contributed by atoms with Gasteiger partial charge in [-0.2, -0.15) is 5.26 Å². The van der Waals surface area contributed by atoms with Crippen molar-refractivity contribution in [3.63, 3.8) is 0 Å². The summed E-state index contributed by atoms with van der Waals surface area (Å²) in [5.74, 6) is -0.0558. The molecule has 0 unspecified atom stereocenters. The van der Waals surface area contributed by atoms with Gasteiger partial charge < -0.3 is 14.9 Å². The van der Waals surface area contributed by atoms with Crippen molar-refractivity contribution in [2.75, 3.05) is 0 Å². The highest BCUT2D eigenvalue weighted by atomic mass is 16.5. The van der Waals surface area contributed by atoms with E-state index in [1.807, 2.05) is 63.2 Å². The first kappa shape index (κ1) is 17.9. The van der Waals surface area contributed by atoms with Crippen molar-refractivity contribution in [1.82, 2.24) is 0 Å². The van der Waals surface area contributed by atoms with Gasteiger partial charge in [0.15, 0.2) is 5.75 Å². The van der Waals surface area contributed by atoms with Crippen LogP contribution in [0.1, 0.15) is 47.9 Å².